The SMILES string of the molecule is CN(C(=O)c1cc(S(=O)(=O)N2CCOCC2)ccc1F)c1ccccc1. The molecule has 0 bridgehead atoms. The first kappa shape index (κ1) is 18.5. The lowest BCUT2D eigenvalue weighted by molar-refractivity contribution is 0.0730. The van der Waals surface area contributed by atoms with Gasteiger partial charge in [0.25, 0.3) is 5.91 Å². The van der Waals surface area contributed by atoms with Gasteiger partial charge in [0.1, 0.15) is 5.82 Å². The van der Waals surface area contributed by atoms with Crippen molar-refractivity contribution in [2.75, 3.05) is 38.3 Å². The van der Waals surface area contributed by atoms with Gasteiger partial charge in [-0.2, -0.15) is 4.31 Å². The van der Waals surface area contributed by atoms with E-state index in [1.165, 1.54) is 22.3 Å². The molecule has 1 amide bonds. The molecule has 3 rings (SSSR count). The van der Waals surface area contributed by atoms with Crippen molar-refractivity contribution in [1.82, 2.24) is 4.31 Å². The van der Waals surface area contributed by atoms with Crippen molar-refractivity contribution in [1.29, 1.82) is 0 Å². The molecule has 0 saturated carbocycles. The van der Waals surface area contributed by atoms with E-state index in [1.54, 1.807) is 30.3 Å². The number of nitrogens with zero attached hydrogens (tertiary/aromatic N) is 2. The minimum absolute atomic E-state index is 0.106. The molecule has 0 aliphatic carbocycles. The van der Waals surface area contributed by atoms with E-state index in [0.29, 0.717) is 18.9 Å². The Morgan fingerprint density at radius 2 is 1.77 bits per heavy atom. The zero-order valence-electron chi connectivity index (χ0n) is 14.3. The average Bonchev–Trinajstić information content (AvgIpc) is 2.68. The number of rotatable bonds is 4. The Labute approximate surface area is 151 Å². The molecule has 0 N–H and O–H groups in total. The fraction of sp³-hybridized carbons (Fsp3) is 0.278. The highest BCUT2D eigenvalue weighted by Crippen LogP contribution is 2.22. The molecule has 1 aliphatic heterocycles. The van der Waals surface area contributed by atoms with Gasteiger partial charge in [-0.1, -0.05) is 18.2 Å². The van der Waals surface area contributed by atoms with Crippen molar-refractivity contribution >= 4 is 21.6 Å². The van der Waals surface area contributed by atoms with Crippen molar-refractivity contribution in [3.63, 3.8) is 0 Å². The third kappa shape index (κ3) is 3.62. The second kappa shape index (κ2) is 7.53. The molecule has 0 unspecified atom stereocenters. The Morgan fingerprint density at radius 1 is 1.12 bits per heavy atom. The van der Waals surface area contributed by atoms with E-state index >= 15 is 0 Å². The Morgan fingerprint density at radius 3 is 2.42 bits per heavy atom. The van der Waals surface area contributed by atoms with E-state index in [1.807, 2.05) is 0 Å². The van der Waals surface area contributed by atoms with Crippen LogP contribution in [0.5, 0.6) is 0 Å². The summed E-state index contributed by atoms with van der Waals surface area (Å²) in [5.41, 5.74) is 0.295. The number of morpholine rings is 1. The van der Waals surface area contributed by atoms with Crippen LogP contribution in [0.3, 0.4) is 0 Å². The van der Waals surface area contributed by atoms with Gasteiger partial charge < -0.3 is 9.64 Å². The molecule has 2 aromatic rings. The van der Waals surface area contributed by atoms with E-state index in [2.05, 4.69) is 0 Å². The maximum atomic E-state index is 14.3. The van der Waals surface area contributed by atoms with Crippen molar-refractivity contribution in [3.8, 4) is 0 Å². The van der Waals surface area contributed by atoms with Crippen LogP contribution in [0.2, 0.25) is 0 Å². The molecule has 1 heterocycles. The fourth-order valence-electron chi connectivity index (χ4n) is 2.71. The molecule has 1 fully saturated rings. The molecule has 1 saturated heterocycles. The Bertz CT molecular complexity index is 897. The largest absolute Gasteiger partial charge is 0.379 e. The average molecular weight is 378 g/mol. The molecule has 0 aromatic heterocycles. The first-order chi connectivity index (χ1) is 12.4. The van der Waals surface area contributed by atoms with Gasteiger partial charge in [0, 0.05) is 25.8 Å². The van der Waals surface area contributed by atoms with Gasteiger partial charge in [0.05, 0.1) is 23.7 Å². The van der Waals surface area contributed by atoms with Crippen LogP contribution in [-0.2, 0) is 14.8 Å². The topological polar surface area (TPSA) is 66.9 Å². The third-order valence-electron chi connectivity index (χ3n) is 4.22. The highest BCUT2D eigenvalue weighted by atomic mass is 32.2. The number of hydrogen-bond donors (Lipinski definition) is 0. The molecule has 0 radical (unpaired) electrons. The molecule has 0 spiro atoms. The second-order valence-corrected chi connectivity index (χ2v) is 7.80. The lowest BCUT2D eigenvalue weighted by Gasteiger charge is -2.26. The summed E-state index contributed by atoms with van der Waals surface area (Å²) in [6, 6.07) is 12.0. The fourth-order valence-corrected chi connectivity index (χ4v) is 4.15. The Balaban J connectivity index is 1.94. The van der Waals surface area contributed by atoms with Crippen LogP contribution in [0.25, 0.3) is 0 Å². The predicted octanol–water partition coefficient (Wildman–Crippen LogP) is 2.12. The van der Waals surface area contributed by atoms with Gasteiger partial charge in [-0.15, -0.1) is 0 Å². The lowest BCUT2D eigenvalue weighted by Crippen LogP contribution is -2.40. The summed E-state index contributed by atoms with van der Waals surface area (Å²) in [5.74, 6) is -1.38. The summed E-state index contributed by atoms with van der Waals surface area (Å²) < 4.78 is 46.2. The van der Waals surface area contributed by atoms with E-state index < -0.39 is 21.7 Å². The van der Waals surface area contributed by atoms with Crippen LogP contribution in [0.15, 0.2) is 53.4 Å². The minimum Gasteiger partial charge on any atom is -0.379 e. The summed E-state index contributed by atoms with van der Waals surface area (Å²) in [6.45, 7) is 1.08. The zero-order chi connectivity index (χ0) is 18.7. The summed E-state index contributed by atoms with van der Waals surface area (Å²) in [5, 5.41) is 0. The first-order valence-corrected chi connectivity index (χ1v) is 9.56. The van der Waals surface area contributed by atoms with Gasteiger partial charge >= 0.3 is 0 Å². The molecule has 8 heteroatoms. The van der Waals surface area contributed by atoms with Crippen LogP contribution in [-0.4, -0.2) is 52.0 Å². The van der Waals surface area contributed by atoms with E-state index in [0.717, 1.165) is 12.1 Å². The lowest BCUT2D eigenvalue weighted by atomic mass is 10.1. The molecular weight excluding hydrogens is 359 g/mol. The van der Waals surface area contributed by atoms with Gasteiger partial charge in [0.2, 0.25) is 10.0 Å². The van der Waals surface area contributed by atoms with Crippen molar-refractivity contribution in [2.24, 2.45) is 0 Å². The molecule has 138 valence electrons. The van der Waals surface area contributed by atoms with E-state index in [-0.39, 0.29) is 23.5 Å². The second-order valence-electron chi connectivity index (χ2n) is 5.86. The molecule has 2 aromatic carbocycles. The highest BCUT2D eigenvalue weighted by Gasteiger charge is 2.28. The van der Waals surface area contributed by atoms with Crippen molar-refractivity contribution < 1.29 is 22.3 Å². The maximum Gasteiger partial charge on any atom is 0.261 e. The molecule has 1 aliphatic rings. The van der Waals surface area contributed by atoms with Crippen LogP contribution in [0, 0.1) is 5.82 Å². The van der Waals surface area contributed by atoms with Gasteiger partial charge in [-0.3, -0.25) is 4.79 Å². The minimum atomic E-state index is -3.81. The number of benzene rings is 2. The summed E-state index contributed by atoms with van der Waals surface area (Å²) in [4.78, 5) is 13.9. The standard InChI is InChI=1S/C18H19FN2O4S/c1-20(14-5-3-2-4-6-14)18(22)16-13-15(7-8-17(16)19)26(23,24)21-9-11-25-12-10-21/h2-8,13H,9-12H2,1H3. The van der Waals surface area contributed by atoms with Crippen LogP contribution in [0.1, 0.15) is 10.4 Å². The number of hydrogen-bond acceptors (Lipinski definition) is 4. The number of carbonyl (C=O) groups is 1. The summed E-state index contributed by atoms with van der Waals surface area (Å²) >= 11 is 0. The number of carbonyl (C=O) groups excluding carboxylic acids is 1. The number of amides is 1. The third-order valence-corrected chi connectivity index (χ3v) is 6.12. The number of para-hydroxylation sites is 1. The van der Waals surface area contributed by atoms with Crippen LogP contribution in [0.4, 0.5) is 10.1 Å². The van der Waals surface area contributed by atoms with Crippen LogP contribution < -0.4 is 4.90 Å². The van der Waals surface area contributed by atoms with Gasteiger partial charge in [-0.05, 0) is 30.3 Å². The zero-order valence-corrected chi connectivity index (χ0v) is 15.1. The van der Waals surface area contributed by atoms with Crippen molar-refractivity contribution in [3.05, 3.63) is 59.9 Å². The smallest absolute Gasteiger partial charge is 0.261 e. The number of ether oxygens (including phenoxy) is 1. The highest BCUT2D eigenvalue weighted by molar-refractivity contribution is 7.89. The normalized spacial score (nSPS) is 15.6. The number of sulfonamides is 1. The van der Waals surface area contributed by atoms with Crippen LogP contribution >= 0.6 is 0 Å². The van der Waals surface area contributed by atoms with Gasteiger partial charge in [-0.25, -0.2) is 12.8 Å². The van der Waals surface area contributed by atoms with Gasteiger partial charge in [0.15, 0.2) is 0 Å². The van der Waals surface area contributed by atoms with E-state index in [4.69, 9.17) is 4.74 Å². The molecular formula is C18H19FN2O4S. The quantitative estimate of drug-likeness (QED) is 0.817. The monoisotopic (exact) mass is 378 g/mol. The molecule has 6 nitrogen and oxygen atoms in total. The Hall–Kier alpha value is -2.29. The van der Waals surface area contributed by atoms with E-state index in [9.17, 15) is 17.6 Å². The predicted molar refractivity (Wildman–Crippen MR) is 95.2 cm³/mol. The Kier molecular flexibility index (Phi) is 5.36. The maximum absolute atomic E-state index is 14.3. The number of anilines is 1. The number of halogens is 1. The molecule has 0 atom stereocenters. The molecule has 26 heavy (non-hydrogen) atoms. The van der Waals surface area contributed by atoms with Crippen molar-refractivity contribution in [2.45, 2.75) is 4.90 Å². The first-order valence-electron chi connectivity index (χ1n) is 8.12. The summed E-state index contributed by atoms with van der Waals surface area (Å²) in [7, 11) is -2.30. The summed E-state index contributed by atoms with van der Waals surface area (Å²) in [6.07, 6.45) is 0.